The zero-order valence-electron chi connectivity index (χ0n) is 18.1. The van der Waals surface area contributed by atoms with E-state index in [-0.39, 0.29) is 5.02 Å². The van der Waals surface area contributed by atoms with E-state index in [4.69, 9.17) is 35.8 Å². The van der Waals surface area contributed by atoms with Crippen molar-refractivity contribution < 1.29 is 18.6 Å². The molecule has 0 spiro atoms. The highest BCUT2D eigenvalue weighted by atomic mass is 35.5. The molecule has 0 bridgehead atoms. The maximum atomic E-state index is 13.7. The average molecular weight is 469 g/mol. The van der Waals surface area contributed by atoms with Gasteiger partial charge in [0.1, 0.15) is 11.6 Å². The van der Waals surface area contributed by atoms with Crippen molar-refractivity contribution in [3.63, 3.8) is 0 Å². The molecule has 7 nitrogen and oxygen atoms in total. The molecular weight excluding hydrogens is 447 g/mol. The summed E-state index contributed by atoms with van der Waals surface area (Å²) >= 11 is 5.97. The Morgan fingerprint density at radius 2 is 1.91 bits per heavy atom. The van der Waals surface area contributed by atoms with Crippen molar-refractivity contribution in [3.05, 3.63) is 65.7 Å². The second-order valence-corrected chi connectivity index (χ2v) is 7.51. The maximum absolute atomic E-state index is 13.7. The van der Waals surface area contributed by atoms with Crippen LogP contribution in [0.15, 0.2) is 54.9 Å². The lowest BCUT2D eigenvalue weighted by Gasteiger charge is -2.15. The van der Waals surface area contributed by atoms with Crippen molar-refractivity contribution in [2.75, 3.05) is 32.8 Å². The number of halogens is 2. The minimum absolute atomic E-state index is 0.00896. The smallest absolute Gasteiger partial charge is 0.163 e. The fraction of sp³-hybridized carbons (Fsp3) is 0.208. The van der Waals surface area contributed by atoms with Crippen LogP contribution in [0.3, 0.4) is 0 Å². The van der Waals surface area contributed by atoms with Crippen molar-refractivity contribution in [2.45, 2.75) is 6.42 Å². The van der Waals surface area contributed by atoms with E-state index in [0.717, 1.165) is 12.0 Å². The molecule has 0 fully saturated rings. The third-order valence-electron chi connectivity index (χ3n) is 4.83. The van der Waals surface area contributed by atoms with Crippen LogP contribution in [0, 0.1) is 5.82 Å². The first-order chi connectivity index (χ1) is 16.1. The van der Waals surface area contributed by atoms with Gasteiger partial charge in [-0.25, -0.2) is 14.4 Å². The Bertz CT molecular complexity index is 1260. The van der Waals surface area contributed by atoms with Gasteiger partial charge >= 0.3 is 0 Å². The van der Waals surface area contributed by atoms with E-state index >= 15 is 0 Å². The van der Waals surface area contributed by atoms with Crippen molar-refractivity contribution in [1.29, 1.82) is 0 Å². The van der Waals surface area contributed by atoms with Crippen molar-refractivity contribution >= 4 is 34.0 Å². The second-order valence-electron chi connectivity index (χ2n) is 7.11. The van der Waals surface area contributed by atoms with E-state index in [1.807, 2.05) is 18.2 Å². The molecule has 33 heavy (non-hydrogen) atoms. The minimum atomic E-state index is -0.498. The zero-order valence-corrected chi connectivity index (χ0v) is 18.9. The standard InChI is InChI=1S/C24H22ClFN4O3/c1-31-9-4-10-33-22-12-17-20(13-21(22)32-2)29-23(15-5-3-8-27-14-15)30-24(17)28-16-6-7-19(26)18(25)11-16/h3,5-8,11-14H,4,9-10H2,1-2H3,(H,28,29,30). The predicted molar refractivity (Wildman–Crippen MR) is 126 cm³/mol. The topological polar surface area (TPSA) is 78.4 Å². The number of anilines is 2. The van der Waals surface area contributed by atoms with Crippen LogP contribution < -0.4 is 14.8 Å². The molecule has 0 radical (unpaired) electrons. The monoisotopic (exact) mass is 468 g/mol. The highest BCUT2D eigenvalue weighted by molar-refractivity contribution is 6.31. The molecule has 0 aliphatic rings. The Morgan fingerprint density at radius 3 is 2.64 bits per heavy atom. The van der Waals surface area contributed by atoms with Crippen LogP contribution in [0.25, 0.3) is 22.3 Å². The molecule has 9 heteroatoms. The van der Waals surface area contributed by atoms with Crippen LogP contribution in [0.2, 0.25) is 5.02 Å². The van der Waals surface area contributed by atoms with E-state index in [1.54, 1.807) is 38.7 Å². The lowest BCUT2D eigenvalue weighted by atomic mass is 10.1. The fourth-order valence-corrected chi connectivity index (χ4v) is 3.40. The van der Waals surface area contributed by atoms with Crippen molar-refractivity contribution in [1.82, 2.24) is 15.0 Å². The van der Waals surface area contributed by atoms with Gasteiger partial charge in [0.15, 0.2) is 17.3 Å². The maximum Gasteiger partial charge on any atom is 0.163 e. The number of hydrogen-bond acceptors (Lipinski definition) is 7. The van der Waals surface area contributed by atoms with Crippen LogP contribution in [-0.4, -0.2) is 42.4 Å². The van der Waals surface area contributed by atoms with Crippen molar-refractivity contribution in [2.24, 2.45) is 0 Å². The van der Waals surface area contributed by atoms with Crippen LogP contribution in [0.4, 0.5) is 15.9 Å². The molecule has 0 amide bonds. The number of hydrogen-bond donors (Lipinski definition) is 1. The molecule has 4 rings (SSSR count). The van der Waals surface area contributed by atoms with Crippen LogP contribution in [0.1, 0.15) is 6.42 Å². The first-order valence-corrected chi connectivity index (χ1v) is 10.6. The van der Waals surface area contributed by atoms with Gasteiger partial charge in [-0.2, -0.15) is 0 Å². The molecule has 2 aromatic heterocycles. The number of rotatable bonds is 9. The van der Waals surface area contributed by atoms with E-state index in [2.05, 4.69) is 10.3 Å². The van der Waals surface area contributed by atoms with Gasteiger partial charge in [-0.3, -0.25) is 4.98 Å². The minimum Gasteiger partial charge on any atom is -0.493 e. The molecule has 2 heterocycles. The number of nitrogens with zero attached hydrogens (tertiary/aromatic N) is 3. The molecule has 0 atom stereocenters. The third-order valence-corrected chi connectivity index (χ3v) is 5.12. The van der Waals surface area contributed by atoms with Crippen LogP contribution in [-0.2, 0) is 4.74 Å². The SMILES string of the molecule is COCCCOc1cc2c(Nc3ccc(F)c(Cl)c3)nc(-c3cccnc3)nc2cc1OC. The van der Waals surface area contributed by atoms with Gasteiger partial charge in [-0.05, 0) is 36.4 Å². The molecule has 170 valence electrons. The first-order valence-electron chi connectivity index (χ1n) is 10.2. The molecule has 2 aromatic carbocycles. The number of methoxy groups -OCH3 is 2. The van der Waals surface area contributed by atoms with Gasteiger partial charge in [0, 0.05) is 55.2 Å². The summed E-state index contributed by atoms with van der Waals surface area (Å²) in [6, 6.07) is 11.7. The fourth-order valence-electron chi connectivity index (χ4n) is 3.22. The Hall–Kier alpha value is -3.49. The molecular formula is C24H22ClFN4O3. The summed E-state index contributed by atoms with van der Waals surface area (Å²) in [6.45, 7) is 1.05. The summed E-state index contributed by atoms with van der Waals surface area (Å²) in [7, 11) is 3.22. The zero-order chi connectivity index (χ0) is 23.2. The normalized spacial score (nSPS) is 10.9. The van der Waals surface area contributed by atoms with Gasteiger partial charge in [-0.1, -0.05) is 11.6 Å². The summed E-state index contributed by atoms with van der Waals surface area (Å²) in [5.41, 5.74) is 1.97. The number of ether oxygens (including phenoxy) is 3. The lowest BCUT2D eigenvalue weighted by molar-refractivity contribution is 0.170. The molecule has 0 saturated heterocycles. The number of pyridine rings is 1. The third kappa shape index (κ3) is 5.30. The van der Waals surface area contributed by atoms with E-state index < -0.39 is 5.82 Å². The van der Waals surface area contributed by atoms with Gasteiger partial charge in [0.2, 0.25) is 0 Å². The molecule has 1 N–H and O–H groups in total. The highest BCUT2D eigenvalue weighted by Gasteiger charge is 2.15. The number of aromatic nitrogens is 3. The van der Waals surface area contributed by atoms with Crippen molar-refractivity contribution in [3.8, 4) is 22.9 Å². The Kier molecular flexibility index (Phi) is 7.16. The second kappa shape index (κ2) is 10.4. The molecule has 4 aromatic rings. The van der Waals surface area contributed by atoms with Crippen LogP contribution in [0.5, 0.6) is 11.5 Å². The summed E-state index contributed by atoms with van der Waals surface area (Å²) in [5.74, 6) is 1.58. The van der Waals surface area contributed by atoms with E-state index in [1.165, 1.54) is 12.1 Å². The lowest BCUT2D eigenvalue weighted by Crippen LogP contribution is -2.04. The largest absolute Gasteiger partial charge is 0.493 e. The average Bonchev–Trinajstić information content (AvgIpc) is 2.84. The summed E-state index contributed by atoms with van der Waals surface area (Å²) in [4.78, 5) is 13.6. The molecule has 0 saturated carbocycles. The summed E-state index contributed by atoms with van der Waals surface area (Å²) < 4.78 is 30.2. The first kappa shape index (κ1) is 22.7. The molecule has 0 aliphatic heterocycles. The van der Waals surface area contributed by atoms with Gasteiger partial charge in [0.05, 0.1) is 24.3 Å². The molecule has 0 aliphatic carbocycles. The van der Waals surface area contributed by atoms with Crippen LogP contribution >= 0.6 is 11.6 Å². The summed E-state index contributed by atoms with van der Waals surface area (Å²) in [5, 5.41) is 3.94. The van der Waals surface area contributed by atoms with Gasteiger partial charge in [-0.15, -0.1) is 0 Å². The van der Waals surface area contributed by atoms with Gasteiger partial charge < -0.3 is 19.5 Å². The summed E-state index contributed by atoms with van der Waals surface area (Å²) in [6.07, 6.45) is 4.10. The van der Waals surface area contributed by atoms with Gasteiger partial charge in [0.25, 0.3) is 0 Å². The highest BCUT2D eigenvalue weighted by Crippen LogP contribution is 2.36. The molecule has 0 unspecified atom stereocenters. The quantitative estimate of drug-likeness (QED) is 0.318. The van der Waals surface area contributed by atoms with E-state index in [0.29, 0.717) is 52.9 Å². The Morgan fingerprint density at radius 1 is 1.03 bits per heavy atom. The Labute approximate surface area is 195 Å². The number of nitrogens with one attached hydrogen (secondary N) is 1. The predicted octanol–water partition coefficient (Wildman–Crippen LogP) is 5.65. The Balaban J connectivity index is 1.82. The number of fused-ring (bicyclic) bond motifs is 1. The van der Waals surface area contributed by atoms with E-state index in [9.17, 15) is 4.39 Å². The number of benzene rings is 2.